The third-order valence-corrected chi connectivity index (χ3v) is 5.03. The Balaban J connectivity index is 0.00000420. The fraction of sp³-hybridized carbons (Fsp3) is 0.636. The molecule has 0 spiro atoms. The lowest BCUT2D eigenvalue weighted by Gasteiger charge is -2.21. The standard InChI is InChI=1S/C22H37N5O.HI/c1-4-14-26(15-5-2)16-7-13-24-22(23-3)25-18-19-9-11-20(12-10-19)27-17-6-8-21(27)28;/h9-12H,4-8,13-18H2,1-3H3,(H2,23,24,25);1H. The summed E-state index contributed by atoms with van der Waals surface area (Å²) in [6.45, 7) is 10.4. The molecule has 0 saturated carbocycles. The summed E-state index contributed by atoms with van der Waals surface area (Å²) in [6, 6.07) is 8.22. The topological polar surface area (TPSA) is 60.0 Å². The van der Waals surface area contributed by atoms with E-state index in [2.05, 4.69) is 46.5 Å². The lowest BCUT2D eigenvalue weighted by atomic mass is 10.2. The van der Waals surface area contributed by atoms with Crippen molar-refractivity contribution in [1.29, 1.82) is 0 Å². The van der Waals surface area contributed by atoms with Crippen LogP contribution in [0.3, 0.4) is 0 Å². The van der Waals surface area contributed by atoms with Crippen LogP contribution in [0.4, 0.5) is 5.69 Å². The molecule has 0 aliphatic carbocycles. The molecule has 2 rings (SSSR count). The number of amides is 1. The highest BCUT2D eigenvalue weighted by atomic mass is 127. The number of aliphatic imine (C=N–C) groups is 1. The van der Waals surface area contributed by atoms with E-state index in [1.165, 1.54) is 31.5 Å². The summed E-state index contributed by atoms with van der Waals surface area (Å²) in [5.74, 6) is 1.06. The number of benzene rings is 1. The zero-order valence-electron chi connectivity index (χ0n) is 18.2. The maximum atomic E-state index is 11.8. The van der Waals surface area contributed by atoms with Crippen LogP contribution in [0, 0.1) is 0 Å². The van der Waals surface area contributed by atoms with E-state index >= 15 is 0 Å². The lowest BCUT2D eigenvalue weighted by Crippen LogP contribution is -2.38. The van der Waals surface area contributed by atoms with Gasteiger partial charge in [-0.3, -0.25) is 9.79 Å². The zero-order chi connectivity index (χ0) is 20.2. The number of nitrogens with one attached hydrogen (secondary N) is 2. The van der Waals surface area contributed by atoms with Crippen LogP contribution in [0.15, 0.2) is 29.3 Å². The predicted octanol–water partition coefficient (Wildman–Crippen LogP) is 3.61. The van der Waals surface area contributed by atoms with Crippen LogP contribution in [0.1, 0.15) is 51.5 Å². The van der Waals surface area contributed by atoms with Gasteiger partial charge in [-0.15, -0.1) is 24.0 Å². The van der Waals surface area contributed by atoms with Crippen LogP contribution < -0.4 is 15.5 Å². The molecule has 1 aromatic rings. The van der Waals surface area contributed by atoms with E-state index in [4.69, 9.17) is 0 Å². The van der Waals surface area contributed by atoms with Gasteiger partial charge in [0.2, 0.25) is 5.91 Å². The summed E-state index contributed by atoms with van der Waals surface area (Å²) in [5.41, 5.74) is 2.17. The van der Waals surface area contributed by atoms with Crippen LogP contribution in [-0.2, 0) is 11.3 Å². The van der Waals surface area contributed by atoms with Crippen LogP contribution in [0.2, 0.25) is 0 Å². The normalized spacial score (nSPS) is 14.3. The molecule has 0 atom stereocenters. The van der Waals surface area contributed by atoms with Crippen molar-refractivity contribution in [1.82, 2.24) is 15.5 Å². The minimum atomic E-state index is 0. The zero-order valence-corrected chi connectivity index (χ0v) is 20.6. The Morgan fingerprint density at radius 3 is 2.34 bits per heavy atom. The van der Waals surface area contributed by atoms with E-state index < -0.39 is 0 Å². The van der Waals surface area contributed by atoms with E-state index in [1.807, 2.05) is 17.0 Å². The Labute approximate surface area is 193 Å². The summed E-state index contributed by atoms with van der Waals surface area (Å²) in [4.78, 5) is 20.6. The number of guanidine groups is 1. The monoisotopic (exact) mass is 515 g/mol. The van der Waals surface area contributed by atoms with E-state index in [1.54, 1.807) is 7.05 Å². The second-order valence-corrected chi connectivity index (χ2v) is 7.36. The SMILES string of the molecule is CCCN(CCC)CCCNC(=NC)NCc1ccc(N2CCCC2=O)cc1.I. The second kappa shape index (κ2) is 14.6. The van der Waals surface area contributed by atoms with Gasteiger partial charge in [-0.05, 0) is 63.0 Å². The fourth-order valence-electron chi connectivity index (χ4n) is 3.60. The molecule has 1 aromatic carbocycles. The van der Waals surface area contributed by atoms with Gasteiger partial charge in [0.05, 0.1) is 0 Å². The molecular weight excluding hydrogens is 477 g/mol. The van der Waals surface area contributed by atoms with Crippen molar-refractivity contribution < 1.29 is 4.79 Å². The highest BCUT2D eigenvalue weighted by molar-refractivity contribution is 14.0. The van der Waals surface area contributed by atoms with Gasteiger partial charge < -0.3 is 20.4 Å². The first-order valence-corrected chi connectivity index (χ1v) is 10.7. The number of carbonyl (C=O) groups excluding carboxylic acids is 1. The van der Waals surface area contributed by atoms with Crippen LogP contribution in [0.25, 0.3) is 0 Å². The summed E-state index contributed by atoms with van der Waals surface area (Å²) < 4.78 is 0. The van der Waals surface area contributed by atoms with Crippen molar-refractivity contribution in [3.63, 3.8) is 0 Å². The van der Waals surface area contributed by atoms with Crippen LogP contribution in [-0.4, -0.2) is 56.5 Å². The van der Waals surface area contributed by atoms with E-state index in [0.717, 1.165) is 44.1 Å². The molecule has 1 fully saturated rings. The molecule has 0 bridgehead atoms. The largest absolute Gasteiger partial charge is 0.356 e. The van der Waals surface area contributed by atoms with Crippen molar-refractivity contribution in [2.24, 2.45) is 4.99 Å². The first-order chi connectivity index (χ1) is 13.7. The van der Waals surface area contributed by atoms with Crippen molar-refractivity contribution in [2.45, 2.75) is 52.5 Å². The number of anilines is 1. The van der Waals surface area contributed by atoms with Crippen LogP contribution >= 0.6 is 24.0 Å². The molecule has 1 aliphatic rings. The quantitative estimate of drug-likeness (QED) is 0.205. The number of carbonyl (C=O) groups is 1. The maximum absolute atomic E-state index is 11.8. The first-order valence-electron chi connectivity index (χ1n) is 10.7. The van der Waals surface area contributed by atoms with Crippen molar-refractivity contribution >= 4 is 41.5 Å². The number of halogens is 1. The molecule has 29 heavy (non-hydrogen) atoms. The van der Waals surface area contributed by atoms with E-state index in [9.17, 15) is 4.79 Å². The molecule has 1 heterocycles. The summed E-state index contributed by atoms with van der Waals surface area (Å²) in [6.07, 6.45) is 5.15. The molecule has 1 saturated heterocycles. The highest BCUT2D eigenvalue weighted by Crippen LogP contribution is 2.21. The van der Waals surface area contributed by atoms with E-state index in [0.29, 0.717) is 13.0 Å². The van der Waals surface area contributed by atoms with Gasteiger partial charge in [0.15, 0.2) is 5.96 Å². The van der Waals surface area contributed by atoms with Gasteiger partial charge >= 0.3 is 0 Å². The van der Waals surface area contributed by atoms with Gasteiger partial charge in [-0.1, -0.05) is 26.0 Å². The minimum absolute atomic E-state index is 0. The van der Waals surface area contributed by atoms with Crippen molar-refractivity contribution in [2.75, 3.05) is 44.7 Å². The van der Waals surface area contributed by atoms with Crippen molar-refractivity contribution in [3.8, 4) is 0 Å². The molecule has 2 N–H and O–H groups in total. The Hall–Kier alpha value is -1.35. The van der Waals surface area contributed by atoms with Gasteiger partial charge in [0, 0.05) is 38.8 Å². The maximum Gasteiger partial charge on any atom is 0.227 e. The van der Waals surface area contributed by atoms with Crippen LogP contribution in [0.5, 0.6) is 0 Å². The fourth-order valence-corrected chi connectivity index (χ4v) is 3.60. The number of rotatable bonds is 11. The minimum Gasteiger partial charge on any atom is -0.356 e. The molecule has 1 aliphatic heterocycles. The Morgan fingerprint density at radius 2 is 1.79 bits per heavy atom. The average molecular weight is 515 g/mol. The number of nitrogens with zero attached hydrogens (tertiary/aromatic N) is 3. The Bertz CT molecular complexity index is 614. The Morgan fingerprint density at radius 1 is 1.10 bits per heavy atom. The first kappa shape index (κ1) is 25.7. The molecule has 0 radical (unpaired) electrons. The average Bonchev–Trinajstić information content (AvgIpc) is 3.14. The smallest absolute Gasteiger partial charge is 0.227 e. The van der Waals surface area contributed by atoms with E-state index in [-0.39, 0.29) is 29.9 Å². The summed E-state index contributed by atoms with van der Waals surface area (Å²) in [5, 5.41) is 6.77. The Kier molecular flexibility index (Phi) is 12.9. The third-order valence-electron chi connectivity index (χ3n) is 5.03. The van der Waals surface area contributed by atoms with Crippen molar-refractivity contribution in [3.05, 3.63) is 29.8 Å². The molecule has 7 heteroatoms. The molecular formula is C22H38IN5O. The molecule has 0 unspecified atom stereocenters. The third kappa shape index (κ3) is 8.90. The second-order valence-electron chi connectivity index (χ2n) is 7.36. The number of hydrogen-bond donors (Lipinski definition) is 2. The van der Waals surface area contributed by atoms with Gasteiger partial charge in [-0.2, -0.15) is 0 Å². The highest BCUT2D eigenvalue weighted by Gasteiger charge is 2.21. The van der Waals surface area contributed by atoms with Gasteiger partial charge in [0.1, 0.15) is 0 Å². The predicted molar refractivity (Wildman–Crippen MR) is 133 cm³/mol. The summed E-state index contributed by atoms with van der Waals surface area (Å²) >= 11 is 0. The molecule has 0 aromatic heterocycles. The van der Waals surface area contributed by atoms with Gasteiger partial charge in [-0.25, -0.2) is 0 Å². The molecule has 164 valence electrons. The number of hydrogen-bond acceptors (Lipinski definition) is 3. The molecule has 6 nitrogen and oxygen atoms in total. The summed E-state index contributed by atoms with van der Waals surface area (Å²) in [7, 11) is 1.80. The molecule has 1 amide bonds. The van der Waals surface area contributed by atoms with Gasteiger partial charge in [0.25, 0.3) is 0 Å². The lowest BCUT2D eigenvalue weighted by molar-refractivity contribution is -0.117.